The molecule has 9 heteroatoms. The summed E-state index contributed by atoms with van der Waals surface area (Å²) in [5.41, 5.74) is 0. The molecule has 0 fully saturated rings. The summed E-state index contributed by atoms with van der Waals surface area (Å²) in [6.45, 7) is 0. The summed E-state index contributed by atoms with van der Waals surface area (Å²) in [5.74, 6) is -4.68. The van der Waals surface area contributed by atoms with Crippen LogP contribution in [0.15, 0.2) is 0 Å². The first-order valence-corrected chi connectivity index (χ1v) is 6.74. The molecule has 3 nitrogen and oxygen atoms in total. The highest BCUT2D eigenvalue weighted by Gasteiger charge is 2.56. The minimum absolute atomic E-state index is 0.0890. The molecule has 0 spiro atoms. The average Bonchev–Trinajstić information content (AvgIpc) is 2.07. The van der Waals surface area contributed by atoms with E-state index in [2.05, 4.69) is 0 Å². The van der Waals surface area contributed by atoms with Crippen molar-refractivity contribution in [3.8, 4) is 0 Å². The number of hydrogen-bond acceptors (Lipinski definition) is 1. The van der Waals surface area contributed by atoms with Crippen LogP contribution in [0.25, 0.3) is 0 Å². The Balaban J connectivity index is 3.69. The molecular weight excluding hydrogens is 270 g/mol. The van der Waals surface area contributed by atoms with E-state index in [9.17, 15) is 26.5 Å². The molecule has 0 radical (unpaired) electrons. The highest BCUT2D eigenvalue weighted by molar-refractivity contribution is 7.51. The maximum atomic E-state index is 12.4. The Kier molecular flexibility index (Phi) is 6.04. The molecule has 0 aliphatic heterocycles. The summed E-state index contributed by atoms with van der Waals surface area (Å²) >= 11 is 0. The summed E-state index contributed by atoms with van der Waals surface area (Å²) in [6.07, 6.45) is -7.09. The second kappa shape index (κ2) is 6.11. The standard InChI is InChI=1S/C8H14F5O3P/c9-7(10,8(11,12)13)5-3-1-2-4-6-17(14,15)16/h1-6H2,(H2,14,15,16). The van der Waals surface area contributed by atoms with Gasteiger partial charge in [-0.3, -0.25) is 4.57 Å². The molecule has 0 atom stereocenters. The van der Waals surface area contributed by atoms with E-state index in [4.69, 9.17) is 9.79 Å². The van der Waals surface area contributed by atoms with Crippen molar-refractivity contribution in [1.82, 2.24) is 0 Å². The molecule has 0 heterocycles. The van der Waals surface area contributed by atoms with Crippen molar-refractivity contribution in [1.29, 1.82) is 0 Å². The fraction of sp³-hybridized carbons (Fsp3) is 1.00. The molecule has 0 amide bonds. The molecule has 2 N–H and O–H groups in total. The van der Waals surface area contributed by atoms with Gasteiger partial charge in [-0.1, -0.05) is 12.8 Å². The molecular formula is C8H14F5O3P. The van der Waals surface area contributed by atoms with Crippen molar-refractivity contribution < 1.29 is 36.3 Å². The molecule has 0 aromatic rings. The third-order valence-electron chi connectivity index (χ3n) is 2.10. The van der Waals surface area contributed by atoms with Gasteiger partial charge in [-0.05, 0) is 12.8 Å². The smallest absolute Gasteiger partial charge is 0.324 e. The molecule has 0 bridgehead atoms. The zero-order valence-electron chi connectivity index (χ0n) is 8.88. The lowest BCUT2D eigenvalue weighted by molar-refractivity contribution is -0.284. The maximum Gasteiger partial charge on any atom is 0.453 e. The van der Waals surface area contributed by atoms with E-state index in [0.29, 0.717) is 0 Å². The molecule has 104 valence electrons. The Morgan fingerprint density at radius 1 is 0.882 bits per heavy atom. The van der Waals surface area contributed by atoms with Gasteiger partial charge in [0.05, 0.1) is 0 Å². The number of hydrogen-bond donors (Lipinski definition) is 2. The van der Waals surface area contributed by atoms with Crippen LogP contribution in [0, 0.1) is 0 Å². The summed E-state index contributed by atoms with van der Waals surface area (Å²) in [7, 11) is -4.10. The normalized spacial score (nSPS) is 14.1. The van der Waals surface area contributed by atoms with E-state index in [1.165, 1.54) is 0 Å². The van der Waals surface area contributed by atoms with Crippen molar-refractivity contribution in [3.05, 3.63) is 0 Å². The molecule has 0 saturated carbocycles. The van der Waals surface area contributed by atoms with Gasteiger partial charge in [-0.2, -0.15) is 22.0 Å². The molecule has 0 unspecified atom stereocenters. The topological polar surface area (TPSA) is 57.5 Å². The van der Waals surface area contributed by atoms with Crippen LogP contribution in [0.1, 0.15) is 32.1 Å². The van der Waals surface area contributed by atoms with Crippen molar-refractivity contribution in [2.45, 2.75) is 44.2 Å². The van der Waals surface area contributed by atoms with Gasteiger partial charge in [0.1, 0.15) is 0 Å². The van der Waals surface area contributed by atoms with E-state index >= 15 is 0 Å². The number of rotatable bonds is 7. The number of alkyl halides is 5. The highest BCUT2D eigenvalue weighted by Crippen LogP contribution is 2.39. The van der Waals surface area contributed by atoms with Crippen LogP contribution in [-0.2, 0) is 4.57 Å². The first kappa shape index (κ1) is 16.8. The van der Waals surface area contributed by atoms with Crippen molar-refractivity contribution in [3.63, 3.8) is 0 Å². The highest BCUT2D eigenvalue weighted by atomic mass is 31.2. The van der Waals surface area contributed by atoms with Crippen LogP contribution < -0.4 is 0 Å². The lowest BCUT2D eigenvalue weighted by atomic mass is 10.1. The minimum atomic E-state index is -5.53. The van der Waals surface area contributed by atoms with Crippen molar-refractivity contribution in [2.24, 2.45) is 0 Å². The van der Waals surface area contributed by atoms with E-state index in [0.717, 1.165) is 0 Å². The van der Waals surface area contributed by atoms with Gasteiger partial charge in [-0.25, -0.2) is 0 Å². The molecule has 0 aromatic heterocycles. The summed E-state index contributed by atoms with van der Waals surface area (Å²) in [5, 5.41) is 0. The monoisotopic (exact) mass is 284 g/mol. The molecule has 17 heavy (non-hydrogen) atoms. The van der Waals surface area contributed by atoms with Crippen molar-refractivity contribution in [2.75, 3.05) is 6.16 Å². The van der Waals surface area contributed by atoms with Crippen LogP contribution >= 0.6 is 7.60 Å². The molecule has 0 aliphatic rings. The Bertz CT molecular complexity index is 273. The number of halogens is 5. The van der Waals surface area contributed by atoms with E-state index in [1.807, 2.05) is 0 Å². The third-order valence-corrected chi connectivity index (χ3v) is 3.00. The lowest BCUT2D eigenvalue weighted by Crippen LogP contribution is -2.36. The molecule has 0 rings (SSSR count). The Morgan fingerprint density at radius 3 is 1.76 bits per heavy atom. The van der Waals surface area contributed by atoms with E-state index in [-0.39, 0.29) is 31.8 Å². The summed E-state index contributed by atoms with van der Waals surface area (Å²) < 4.78 is 70.3. The van der Waals surface area contributed by atoms with Gasteiger partial charge in [-0.15, -0.1) is 0 Å². The molecule has 0 aliphatic carbocycles. The van der Waals surface area contributed by atoms with Crippen LogP contribution in [-0.4, -0.2) is 28.0 Å². The van der Waals surface area contributed by atoms with Crippen LogP contribution in [0.5, 0.6) is 0 Å². The second-order valence-electron chi connectivity index (χ2n) is 3.75. The lowest BCUT2D eigenvalue weighted by Gasteiger charge is -2.19. The van der Waals surface area contributed by atoms with Crippen molar-refractivity contribution >= 4 is 7.60 Å². The van der Waals surface area contributed by atoms with Crippen LogP contribution in [0.3, 0.4) is 0 Å². The Morgan fingerprint density at radius 2 is 1.35 bits per heavy atom. The molecule has 0 saturated heterocycles. The van der Waals surface area contributed by atoms with Gasteiger partial charge in [0.2, 0.25) is 0 Å². The van der Waals surface area contributed by atoms with Gasteiger partial charge in [0.15, 0.2) is 0 Å². The predicted molar refractivity (Wildman–Crippen MR) is 51.0 cm³/mol. The Hall–Kier alpha value is -0.200. The van der Waals surface area contributed by atoms with E-state index < -0.39 is 26.1 Å². The second-order valence-corrected chi connectivity index (χ2v) is 5.53. The SMILES string of the molecule is O=P(O)(O)CCCCCCC(F)(F)C(F)(F)F. The fourth-order valence-corrected chi connectivity index (χ4v) is 1.80. The van der Waals surface area contributed by atoms with Gasteiger partial charge in [0, 0.05) is 12.6 Å². The zero-order chi connectivity index (χ0) is 13.7. The number of unbranched alkanes of at least 4 members (excludes halogenated alkanes) is 3. The quantitative estimate of drug-likeness (QED) is 0.428. The minimum Gasteiger partial charge on any atom is -0.324 e. The predicted octanol–water partition coefficient (Wildman–Crippen LogP) is 3.31. The maximum absolute atomic E-state index is 12.4. The van der Waals surface area contributed by atoms with Gasteiger partial charge < -0.3 is 9.79 Å². The average molecular weight is 284 g/mol. The Labute approximate surface area is 95.2 Å². The fourth-order valence-electron chi connectivity index (χ4n) is 1.16. The zero-order valence-corrected chi connectivity index (χ0v) is 9.78. The summed E-state index contributed by atoms with van der Waals surface area (Å²) in [4.78, 5) is 16.9. The largest absolute Gasteiger partial charge is 0.453 e. The molecule has 0 aromatic carbocycles. The summed E-state index contributed by atoms with van der Waals surface area (Å²) in [6, 6.07) is 0. The van der Waals surface area contributed by atoms with Crippen LogP contribution in [0.2, 0.25) is 0 Å². The third kappa shape index (κ3) is 7.68. The van der Waals surface area contributed by atoms with Gasteiger partial charge >= 0.3 is 19.7 Å². The first-order chi connectivity index (χ1) is 7.46. The first-order valence-electron chi connectivity index (χ1n) is 4.95. The van der Waals surface area contributed by atoms with Gasteiger partial charge in [0.25, 0.3) is 0 Å². The van der Waals surface area contributed by atoms with E-state index in [1.54, 1.807) is 0 Å². The van der Waals surface area contributed by atoms with Crippen LogP contribution in [0.4, 0.5) is 22.0 Å².